The maximum absolute atomic E-state index is 12.1. The first-order chi connectivity index (χ1) is 12.4. The van der Waals surface area contributed by atoms with E-state index in [0.29, 0.717) is 22.2 Å². The average Bonchev–Trinajstić information content (AvgIpc) is 2.62. The Labute approximate surface area is 156 Å². The van der Waals surface area contributed by atoms with Gasteiger partial charge in [-0.2, -0.15) is 0 Å². The molecular formula is C19H19ClN2O4. The van der Waals surface area contributed by atoms with Gasteiger partial charge in [0.25, 0.3) is 5.91 Å². The van der Waals surface area contributed by atoms with Gasteiger partial charge in [-0.3, -0.25) is 9.59 Å². The van der Waals surface area contributed by atoms with E-state index in [1.54, 1.807) is 42.5 Å². The van der Waals surface area contributed by atoms with E-state index in [4.69, 9.17) is 26.8 Å². The molecule has 7 heteroatoms. The summed E-state index contributed by atoms with van der Waals surface area (Å²) in [4.78, 5) is 22.8. The first kappa shape index (κ1) is 19.3. The van der Waals surface area contributed by atoms with Crippen LogP contribution in [0.3, 0.4) is 0 Å². The minimum atomic E-state index is -0.543. The lowest BCUT2D eigenvalue weighted by Crippen LogP contribution is -2.19. The molecule has 0 spiro atoms. The molecule has 0 heterocycles. The number of methoxy groups -OCH3 is 1. The molecule has 2 amide bonds. The number of primary amides is 1. The van der Waals surface area contributed by atoms with Crippen molar-refractivity contribution in [3.05, 3.63) is 58.6 Å². The minimum Gasteiger partial charge on any atom is -0.495 e. The molecule has 0 radical (unpaired) electrons. The molecule has 0 atom stereocenters. The molecule has 0 bridgehead atoms. The van der Waals surface area contributed by atoms with Crippen molar-refractivity contribution in [2.45, 2.75) is 6.92 Å². The Morgan fingerprint density at radius 1 is 1.23 bits per heavy atom. The number of aryl methyl sites for hydroxylation is 1. The second kappa shape index (κ2) is 8.92. The number of anilines is 1. The summed E-state index contributed by atoms with van der Waals surface area (Å²) in [6, 6.07) is 10.3. The zero-order chi connectivity index (χ0) is 19.1. The molecular weight excluding hydrogens is 356 g/mol. The predicted octanol–water partition coefficient (Wildman–Crippen LogP) is 3.17. The van der Waals surface area contributed by atoms with Crippen LogP contribution in [-0.2, 0) is 9.59 Å². The van der Waals surface area contributed by atoms with Gasteiger partial charge in [-0.05, 0) is 42.3 Å². The first-order valence-electron chi connectivity index (χ1n) is 7.73. The maximum atomic E-state index is 12.1. The van der Waals surface area contributed by atoms with Crippen molar-refractivity contribution < 1.29 is 19.1 Å². The van der Waals surface area contributed by atoms with Crippen molar-refractivity contribution in [2.24, 2.45) is 5.73 Å². The molecule has 0 aliphatic rings. The van der Waals surface area contributed by atoms with Gasteiger partial charge in [-0.15, -0.1) is 0 Å². The Morgan fingerprint density at radius 2 is 1.92 bits per heavy atom. The summed E-state index contributed by atoms with van der Waals surface area (Å²) < 4.78 is 10.4. The van der Waals surface area contributed by atoms with Crippen LogP contribution in [0.1, 0.15) is 11.1 Å². The summed E-state index contributed by atoms with van der Waals surface area (Å²) in [5.74, 6) is 0.155. The molecule has 0 saturated carbocycles. The third kappa shape index (κ3) is 5.53. The molecule has 0 aliphatic heterocycles. The molecule has 0 saturated heterocycles. The van der Waals surface area contributed by atoms with E-state index in [1.807, 2.05) is 6.92 Å². The number of hydrogen-bond donors (Lipinski definition) is 2. The normalized spacial score (nSPS) is 10.6. The number of hydrogen-bond acceptors (Lipinski definition) is 4. The summed E-state index contributed by atoms with van der Waals surface area (Å²) in [5, 5.41) is 3.32. The zero-order valence-electron chi connectivity index (χ0n) is 14.4. The molecule has 0 fully saturated rings. The first-order valence-corrected chi connectivity index (χ1v) is 8.11. The van der Waals surface area contributed by atoms with Crippen molar-refractivity contribution in [2.75, 3.05) is 19.0 Å². The van der Waals surface area contributed by atoms with E-state index < -0.39 is 5.91 Å². The van der Waals surface area contributed by atoms with E-state index in [0.717, 1.165) is 11.1 Å². The fourth-order valence-electron chi connectivity index (χ4n) is 2.11. The molecule has 26 heavy (non-hydrogen) atoms. The summed E-state index contributed by atoms with van der Waals surface area (Å²) in [7, 11) is 1.51. The smallest absolute Gasteiger partial charge is 0.255 e. The van der Waals surface area contributed by atoms with Crippen molar-refractivity contribution in [1.29, 1.82) is 0 Å². The lowest BCUT2D eigenvalue weighted by Gasteiger charge is -2.11. The van der Waals surface area contributed by atoms with Gasteiger partial charge in [0, 0.05) is 17.2 Å². The van der Waals surface area contributed by atoms with Crippen molar-refractivity contribution >= 4 is 35.2 Å². The van der Waals surface area contributed by atoms with Gasteiger partial charge in [0.2, 0.25) is 5.91 Å². The molecule has 0 unspecified atom stereocenters. The van der Waals surface area contributed by atoms with E-state index in [-0.39, 0.29) is 12.5 Å². The van der Waals surface area contributed by atoms with E-state index in [9.17, 15) is 9.59 Å². The molecule has 6 nitrogen and oxygen atoms in total. The third-order valence-electron chi connectivity index (χ3n) is 3.43. The summed E-state index contributed by atoms with van der Waals surface area (Å²) in [5.41, 5.74) is 7.19. The van der Waals surface area contributed by atoms with Gasteiger partial charge >= 0.3 is 0 Å². The van der Waals surface area contributed by atoms with Gasteiger partial charge in [-0.25, -0.2) is 0 Å². The van der Waals surface area contributed by atoms with Gasteiger partial charge in [-0.1, -0.05) is 23.7 Å². The van der Waals surface area contributed by atoms with Crippen molar-refractivity contribution in [3.63, 3.8) is 0 Å². The van der Waals surface area contributed by atoms with Crippen LogP contribution in [0, 0.1) is 6.92 Å². The Balaban J connectivity index is 2.01. The van der Waals surface area contributed by atoms with Gasteiger partial charge in [0.1, 0.15) is 11.5 Å². The SMILES string of the molecule is COc1cc(Cl)c(C)cc1NC(=O)C=Cc1ccc(OCC(N)=O)cc1. The van der Waals surface area contributed by atoms with Gasteiger partial charge < -0.3 is 20.5 Å². The lowest BCUT2D eigenvalue weighted by atomic mass is 10.2. The molecule has 0 aliphatic carbocycles. The molecule has 2 rings (SSSR count). The predicted molar refractivity (Wildman–Crippen MR) is 102 cm³/mol. The van der Waals surface area contributed by atoms with Gasteiger partial charge in [0.05, 0.1) is 12.8 Å². The Morgan fingerprint density at radius 3 is 2.54 bits per heavy atom. The highest BCUT2D eigenvalue weighted by atomic mass is 35.5. The molecule has 0 aromatic heterocycles. The quantitative estimate of drug-likeness (QED) is 0.728. The monoisotopic (exact) mass is 374 g/mol. The highest BCUT2D eigenvalue weighted by Gasteiger charge is 2.08. The highest BCUT2D eigenvalue weighted by molar-refractivity contribution is 6.31. The number of benzene rings is 2. The van der Waals surface area contributed by atoms with E-state index >= 15 is 0 Å². The number of ether oxygens (including phenoxy) is 2. The number of nitrogens with two attached hydrogens (primary N) is 1. The second-order valence-electron chi connectivity index (χ2n) is 5.45. The number of halogens is 1. The van der Waals surface area contributed by atoms with Crippen LogP contribution >= 0.6 is 11.6 Å². The second-order valence-corrected chi connectivity index (χ2v) is 5.86. The number of amides is 2. The van der Waals surface area contributed by atoms with Crippen LogP contribution in [-0.4, -0.2) is 25.5 Å². The van der Waals surface area contributed by atoms with Crippen LogP contribution in [0.2, 0.25) is 5.02 Å². The van der Waals surface area contributed by atoms with E-state index in [2.05, 4.69) is 5.32 Å². The minimum absolute atomic E-state index is 0.181. The summed E-state index contributed by atoms with van der Waals surface area (Å²) >= 11 is 6.05. The molecule has 136 valence electrons. The lowest BCUT2D eigenvalue weighted by molar-refractivity contribution is -0.120. The van der Waals surface area contributed by atoms with Crippen molar-refractivity contribution in [1.82, 2.24) is 0 Å². The van der Waals surface area contributed by atoms with Crippen LogP contribution in [0.5, 0.6) is 11.5 Å². The molecule has 2 aromatic rings. The maximum Gasteiger partial charge on any atom is 0.255 e. The fraction of sp³-hybridized carbons (Fsp3) is 0.158. The standard InChI is InChI=1S/C19H19ClN2O4/c1-12-9-16(17(25-2)10-15(12)20)22-19(24)8-5-13-3-6-14(7-4-13)26-11-18(21)23/h3-10H,11H2,1-2H3,(H2,21,23)(H,22,24). The fourth-order valence-corrected chi connectivity index (χ4v) is 2.26. The largest absolute Gasteiger partial charge is 0.495 e. The Hall–Kier alpha value is -2.99. The molecule has 2 aromatic carbocycles. The number of rotatable bonds is 7. The Bertz CT molecular complexity index is 832. The average molecular weight is 375 g/mol. The van der Waals surface area contributed by atoms with Crippen LogP contribution in [0.15, 0.2) is 42.5 Å². The van der Waals surface area contributed by atoms with Crippen LogP contribution in [0.4, 0.5) is 5.69 Å². The highest BCUT2D eigenvalue weighted by Crippen LogP contribution is 2.30. The van der Waals surface area contributed by atoms with Crippen LogP contribution < -0.4 is 20.5 Å². The van der Waals surface area contributed by atoms with Crippen molar-refractivity contribution in [3.8, 4) is 11.5 Å². The van der Waals surface area contributed by atoms with Gasteiger partial charge in [0.15, 0.2) is 6.61 Å². The van der Waals surface area contributed by atoms with Crippen LogP contribution in [0.25, 0.3) is 6.08 Å². The summed E-state index contributed by atoms with van der Waals surface area (Å²) in [6.07, 6.45) is 3.06. The molecule has 3 N–H and O–H groups in total. The number of carbonyl (C=O) groups excluding carboxylic acids is 2. The number of carbonyl (C=O) groups is 2. The third-order valence-corrected chi connectivity index (χ3v) is 3.83. The zero-order valence-corrected chi connectivity index (χ0v) is 15.2. The number of nitrogens with one attached hydrogen (secondary N) is 1. The Kier molecular flexibility index (Phi) is 6.63. The van der Waals surface area contributed by atoms with E-state index in [1.165, 1.54) is 13.2 Å². The topological polar surface area (TPSA) is 90.7 Å². The summed E-state index contributed by atoms with van der Waals surface area (Å²) in [6.45, 7) is 1.66.